The second-order valence-corrected chi connectivity index (χ2v) is 9.78. The number of carbonyl (C=O) groups is 1. The zero-order valence-corrected chi connectivity index (χ0v) is 19.4. The normalized spacial score (nSPS) is 11.4. The number of aryl methyl sites for hydroxylation is 2. The van der Waals surface area contributed by atoms with Crippen LogP contribution in [0.2, 0.25) is 5.02 Å². The number of hydrogen-bond acceptors (Lipinski definition) is 4. The number of hydrogen-bond donors (Lipinski definition) is 1. The summed E-state index contributed by atoms with van der Waals surface area (Å²) in [6.45, 7) is 5.93. The molecule has 0 saturated heterocycles. The van der Waals surface area contributed by atoms with Crippen LogP contribution < -0.4 is 14.4 Å². The summed E-state index contributed by atoms with van der Waals surface area (Å²) in [6, 6.07) is 12.8. The van der Waals surface area contributed by atoms with Gasteiger partial charge in [-0.05, 0) is 69.0 Å². The van der Waals surface area contributed by atoms with Crippen molar-refractivity contribution in [2.24, 2.45) is 0 Å². The Morgan fingerprint density at radius 3 is 2.57 bits per heavy atom. The van der Waals surface area contributed by atoms with Gasteiger partial charge in [0, 0.05) is 11.6 Å². The molecule has 0 unspecified atom stereocenters. The van der Waals surface area contributed by atoms with Crippen LogP contribution in [0.25, 0.3) is 0 Å². The largest absolute Gasteiger partial charge is 0.491 e. The molecule has 0 fully saturated rings. The van der Waals surface area contributed by atoms with Crippen molar-refractivity contribution in [3.05, 3.63) is 58.6 Å². The summed E-state index contributed by atoms with van der Waals surface area (Å²) in [7, 11) is -3.63. The first-order valence-corrected chi connectivity index (χ1v) is 12.0. The van der Waals surface area contributed by atoms with Crippen LogP contribution in [-0.2, 0) is 21.2 Å². The highest BCUT2D eigenvalue weighted by molar-refractivity contribution is 7.92. The zero-order valence-electron chi connectivity index (χ0n) is 17.8. The van der Waals surface area contributed by atoms with E-state index in [2.05, 4.69) is 5.32 Å². The second kappa shape index (κ2) is 10.7. The summed E-state index contributed by atoms with van der Waals surface area (Å²) in [5.74, 6) is 0.459. The van der Waals surface area contributed by atoms with Gasteiger partial charge in [0.2, 0.25) is 15.9 Å². The fourth-order valence-electron chi connectivity index (χ4n) is 2.89. The van der Waals surface area contributed by atoms with Crippen molar-refractivity contribution in [2.45, 2.75) is 39.7 Å². The van der Waals surface area contributed by atoms with Gasteiger partial charge in [-0.3, -0.25) is 9.10 Å². The number of amides is 1. The molecule has 2 aromatic carbocycles. The average Bonchev–Trinajstić information content (AvgIpc) is 2.64. The van der Waals surface area contributed by atoms with Crippen molar-refractivity contribution in [1.82, 2.24) is 5.32 Å². The molecule has 0 bridgehead atoms. The van der Waals surface area contributed by atoms with E-state index in [1.54, 1.807) is 18.2 Å². The van der Waals surface area contributed by atoms with Crippen LogP contribution in [0.15, 0.2) is 42.5 Å². The number of carbonyl (C=O) groups excluding carboxylic acids is 1. The van der Waals surface area contributed by atoms with Crippen molar-refractivity contribution in [3.63, 3.8) is 0 Å². The zero-order chi connectivity index (χ0) is 22.3. The molecule has 0 saturated carbocycles. The van der Waals surface area contributed by atoms with Crippen molar-refractivity contribution in [1.29, 1.82) is 0 Å². The molecule has 1 N–H and O–H groups in total. The molecule has 1 amide bonds. The molecule has 164 valence electrons. The number of nitrogens with zero attached hydrogens (tertiary/aromatic N) is 1. The first-order chi connectivity index (χ1) is 14.1. The topological polar surface area (TPSA) is 75.7 Å². The minimum Gasteiger partial charge on any atom is -0.491 e. The Labute approximate surface area is 184 Å². The minimum absolute atomic E-state index is 0.112. The molecule has 0 radical (unpaired) electrons. The predicted octanol–water partition coefficient (Wildman–Crippen LogP) is 3.95. The summed E-state index contributed by atoms with van der Waals surface area (Å²) < 4.78 is 31.1. The molecule has 2 rings (SSSR count). The van der Waals surface area contributed by atoms with Gasteiger partial charge in [-0.1, -0.05) is 29.8 Å². The van der Waals surface area contributed by atoms with Crippen LogP contribution in [0.4, 0.5) is 5.69 Å². The van der Waals surface area contributed by atoms with Crippen LogP contribution in [0, 0.1) is 6.92 Å². The van der Waals surface area contributed by atoms with Crippen LogP contribution in [-0.4, -0.2) is 39.8 Å². The van der Waals surface area contributed by atoms with Crippen molar-refractivity contribution in [3.8, 4) is 5.75 Å². The summed E-state index contributed by atoms with van der Waals surface area (Å²) in [4.78, 5) is 12.3. The monoisotopic (exact) mass is 452 g/mol. The fourth-order valence-corrected chi connectivity index (χ4v) is 3.91. The smallest absolute Gasteiger partial charge is 0.240 e. The third-order valence-corrected chi connectivity index (χ3v) is 5.91. The van der Waals surface area contributed by atoms with Gasteiger partial charge in [0.15, 0.2) is 0 Å². The number of ether oxygens (including phenoxy) is 1. The quantitative estimate of drug-likeness (QED) is 0.554. The SMILES string of the molecule is Cc1ccc(N(CC(=O)NCCCc2cccc(OC(C)C)c2)S(C)(=O)=O)cc1Cl. The van der Waals surface area contributed by atoms with E-state index >= 15 is 0 Å². The summed E-state index contributed by atoms with van der Waals surface area (Å²) in [5, 5.41) is 3.24. The molecule has 0 heterocycles. The highest BCUT2D eigenvalue weighted by Gasteiger charge is 2.21. The van der Waals surface area contributed by atoms with Crippen molar-refractivity contribution in [2.75, 3.05) is 23.7 Å². The lowest BCUT2D eigenvalue weighted by molar-refractivity contribution is -0.119. The molecular weight excluding hydrogens is 424 g/mol. The van der Waals surface area contributed by atoms with Gasteiger partial charge in [0.25, 0.3) is 0 Å². The van der Waals surface area contributed by atoms with E-state index in [0.29, 0.717) is 17.3 Å². The molecule has 0 aromatic heterocycles. The Hall–Kier alpha value is -2.25. The molecule has 0 aliphatic rings. The van der Waals surface area contributed by atoms with E-state index in [4.69, 9.17) is 16.3 Å². The number of halogens is 1. The van der Waals surface area contributed by atoms with E-state index in [-0.39, 0.29) is 18.6 Å². The standard InChI is InChI=1S/C22H29ClN2O4S/c1-16(2)29-20-9-5-7-18(13-20)8-6-12-24-22(26)15-25(30(4,27)28)19-11-10-17(3)21(23)14-19/h5,7,9-11,13-14,16H,6,8,12,15H2,1-4H3,(H,24,26). The maximum atomic E-state index is 12.3. The summed E-state index contributed by atoms with van der Waals surface area (Å²) >= 11 is 6.11. The van der Waals surface area contributed by atoms with Crippen molar-refractivity contribution >= 4 is 33.2 Å². The predicted molar refractivity (Wildman–Crippen MR) is 122 cm³/mol. The number of nitrogens with one attached hydrogen (secondary N) is 1. The van der Waals surface area contributed by atoms with Gasteiger partial charge in [0.05, 0.1) is 18.0 Å². The molecule has 2 aromatic rings. The summed E-state index contributed by atoms with van der Waals surface area (Å²) in [5.41, 5.74) is 2.32. The maximum absolute atomic E-state index is 12.3. The Balaban J connectivity index is 1.90. The van der Waals surface area contributed by atoms with Crippen LogP contribution in [0.1, 0.15) is 31.4 Å². The molecule has 0 spiro atoms. The van der Waals surface area contributed by atoms with E-state index in [1.807, 2.05) is 45.0 Å². The Bertz CT molecular complexity index is 977. The Morgan fingerprint density at radius 1 is 1.20 bits per heavy atom. The number of sulfonamides is 1. The number of anilines is 1. The van der Waals surface area contributed by atoms with Gasteiger partial charge >= 0.3 is 0 Å². The van der Waals surface area contributed by atoms with Gasteiger partial charge in [-0.15, -0.1) is 0 Å². The molecule has 6 nitrogen and oxygen atoms in total. The fraction of sp³-hybridized carbons (Fsp3) is 0.409. The van der Waals surface area contributed by atoms with Gasteiger partial charge in [-0.25, -0.2) is 8.42 Å². The van der Waals surface area contributed by atoms with E-state index in [9.17, 15) is 13.2 Å². The third-order valence-electron chi connectivity index (χ3n) is 4.37. The number of benzene rings is 2. The Morgan fingerprint density at radius 2 is 1.93 bits per heavy atom. The lowest BCUT2D eigenvalue weighted by atomic mass is 10.1. The third kappa shape index (κ3) is 7.54. The highest BCUT2D eigenvalue weighted by atomic mass is 35.5. The first kappa shape index (κ1) is 24.0. The lowest BCUT2D eigenvalue weighted by Crippen LogP contribution is -2.40. The number of rotatable bonds is 10. The maximum Gasteiger partial charge on any atom is 0.240 e. The molecule has 0 aliphatic carbocycles. The first-order valence-electron chi connectivity index (χ1n) is 9.82. The van der Waals surface area contributed by atoms with E-state index in [0.717, 1.165) is 40.3 Å². The molecule has 0 aliphatic heterocycles. The Kier molecular flexibility index (Phi) is 8.55. The van der Waals surface area contributed by atoms with Gasteiger partial charge < -0.3 is 10.1 Å². The van der Waals surface area contributed by atoms with E-state index < -0.39 is 10.0 Å². The molecule has 0 atom stereocenters. The van der Waals surface area contributed by atoms with Crippen LogP contribution in [0.5, 0.6) is 5.75 Å². The minimum atomic E-state index is -3.63. The molecule has 8 heteroatoms. The lowest BCUT2D eigenvalue weighted by Gasteiger charge is -2.22. The van der Waals surface area contributed by atoms with E-state index in [1.165, 1.54) is 0 Å². The molecule has 30 heavy (non-hydrogen) atoms. The van der Waals surface area contributed by atoms with Gasteiger partial charge in [-0.2, -0.15) is 0 Å². The highest BCUT2D eigenvalue weighted by Crippen LogP contribution is 2.24. The van der Waals surface area contributed by atoms with Crippen LogP contribution in [0.3, 0.4) is 0 Å². The second-order valence-electron chi connectivity index (χ2n) is 7.47. The van der Waals surface area contributed by atoms with Crippen LogP contribution >= 0.6 is 11.6 Å². The van der Waals surface area contributed by atoms with Gasteiger partial charge in [0.1, 0.15) is 12.3 Å². The van der Waals surface area contributed by atoms with Crippen molar-refractivity contribution < 1.29 is 17.9 Å². The average molecular weight is 453 g/mol. The molecular formula is C22H29ClN2O4S. The summed E-state index contributed by atoms with van der Waals surface area (Å²) in [6.07, 6.45) is 2.69.